The maximum absolute atomic E-state index is 13.0. The van der Waals surface area contributed by atoms with Gasteiger partial charge in [-0.25, -0.2) is 0 Å². The molecular formula is C22H24Cl2F3N3O2. The lowest BCUT2D eigenvalue weighted by Crippen LogP contribution is -2.31. The van der Waals surface area contributed by atoms with E-state index < -0.39 is 22.7 Å². The van der Waals surface area contributed by atoms with Crippen molar-refractivity contribution in [3.8, 4) is 0 Å². The molecule has 1 unspecified atom stereocenters. The van der Waals surface area contributed by atoms with Crippen LogP contribution in [0.25, 0.3) is 0 Å². The van der Waals surface area contributed by atoms with Gasteiger partial charge in [0.25, 0.3) is 0 Å². The van der Waals surface area contributed by atoms with Gasteiger partial charge in [0.2, 0.25) is 11.8 Å². The zero-order valence-electron chi connectivity index (χ0n) is 17.6. The molecule has 0 aliphatic heterocycles. The summed E-state index contributed by atoms with van der Waals surface area (Å²) in [5, 5.41) is 5.40. The second kappa shape index (κ2) is 11.5. The number of nitrogens with one attached hydrogen (secondary N) is 2. The Bertz CT molecular complexity index is 935. The van der Waals surface area contributed by atoms with Crippen molar-refractivity contribution in [2.45, 2.75) is 31.5 Å². The monoisotopic (exact) mass is 489 g/mol. The van der Waals surface area contributed by atoms with Crippen molar-refractivity contribution in [1.82, 2.24) is 10.2 Å². The van der Waals surface area contributed by atoms with Crippen LogP contribution >= 0.6 is 23.2 Å². The molecule has 0 saturated heterocycles. The van der Waals surface area contributed by atoms with Crippen LogP contribution in [0.15, 0.2) is 42.5 Å². The highest BCUT2D eigenvalue weighted by molar-refractivity contribution is 6.31. The summed E-state index contributed by atoms with van der Waals surface area (Å²) in [5.74, 6) is -0.919. The van der Waals surface area contributed by atoms with Crippen molar-refractivity contribution in [2.24, 2.45) is 0 Å². The standard InChI is InChI=1S/C22H24Cl2F3N3O2/c1-30(2)12-11-19(14-3-5-15(23)6-4-14)29-21(32)10-9-20(31)28-16-7-8-18(24)17(13-16)22(25,26)27/h3-8,13,19H,9-12H2,1-2H3,(H,28,31)(H,29,32). The summed E-state index contributed by atoms with van der Waals surface area (Å²) >= 11 is 11.5. The van der Waals surface area contributed by atoms with E-state index in [0.29, 0.717) is 11.4 Å². The van der Waals surface area contributed by atoms with Gasteiger partial charge in [-0.1, -0.05) is 35.3 Å². The topological polar surface area (TPSA) is 61.4 Å². The van der Waals surface area contributed by atoms with Crippen molar-refractivity contribution in [3.63, 3.8) is 0 Å². The van der Waals surface area contributed by atoms with E-state index in [1.54, 1.807) is 12.1 Å². The molecule has 2 aromatic carbocycles. The number of rotatable bonds is 9. The second-order valence-corrected chi connectivity index (χ2v) is 8.35. The Morgan fingerprint density at radius 1 is 1.00 bits per heavy atom. The van der Waals surface area contributed by atoms with Gasteiger partial charge in [-0.3, -0.25) is 9.59 Å². The molecule has 0 heterocycles. The third kappa shape index (κ3) is 8.33. The molecule has 2 N–H and O–H groups in total. The van der Waals surface area contributed by atoms with Crippen LogP contribution in [0.5, 0.6) is 0 Å². The third-order valence-corrected chi connectivity index (χ3v) is 5.19. The molecule has 2 amide bonds. The Kier molecular flexibility index (Phi) is 9.36. The van der Waals surface area contributed by atoms with E-state index in [9.17, 15) is 22.8 Å². The minimum atomic E-state index is -4.64. The maximum atomic E-state index is 13.0. The van der Waals surface area contributed by atoms with Crippen LogP contribution in [0.1, 0.15) is 36.4 Å². The van der Waals surface area contributed by atoms with Crippen molar-refractivity contribution in [2.75, 3.05) is 26.0 Å². The molecule has 0 bridgehead atoms. The third-order valence-electron chi connectivity index (χ3n) is 4.61. The van der Waals surface area contributed by atoms with E-state index in [0.717, 1.165) is 24.2 Å². The molecule has 2 rings (SSSR count). The molecule has 10 heteroatoms. The maximum Gasteiger partial charge on any atom is 0.417 e. The van der Waals surface area contributed by atoms with E-state index in [2.05, 4.69) is 10.6 Å². The van der Waals surface area contributed by atoms with Crippen molar-refractivity contribution in [1.29, 1.82) is 0 Å². The van der Waals surface area contributed by atoms with E-state index in [1.165, 1.54) is 6.07 Å². The first-order valence-corrected chi connectivity index (χ1v) is 10.6. The quantitative estimate of drug-likeness (QED) is 0.485. The number of amides is 2. The lowest BCUT2D eigenvalue weighted by atomic mass is 10.0. The highest BCUT2D eigenvalue weighted by atomic mass is 35.5. The minimum absolute atomic E-state index is 0.0443. The summed E-state index contributed by atoms with van der Waals surface area (Å²) in [6, 6.07) is 9.96. The van der Waals surface area contributed by atoms with Crippen molar-refractivity contribution < 1.29 is 22.8 Å². The van der Waals surface area contributed by atoms with E-state index in [-0.39, 0.29) is 30.5 Å². The minimum Gasteiger partial charge on any atom is -0.349 e. The Morgan fingerprint density at radius 2 is 1.62 bits per heavy atom. The van der Waals surface area contributed by atoms with E-state index in [1.807, 2.05) is 31.1 Å². The van der Waals surface area contributed by atoms with Crippen LogP contribution in [0.4, 0.5) is 18.9 Å². The number of halogens is 5. The summed E-state index contributed by atoms with van der Waals surface area (Å²) in [7, 11) is 3.85. The predicted octanol–water partition coefficient (Wildman–Crippen LogP) is 5.54. The lowest BCUT2D eigenvalue weighted by Gasteiger charge is -2.21. The molecule has 5 nitrogen and oxygen atoms in total. The first-order valence-electron chi connectivity index (χ1n) is 9.82. The second-order valence-electron chi connectivity index (χ2n) is 7.50. The van der Waals surface area contributed by atoms with Crippen molar-refractivity contribution in [3.05, 3.63) is 63.6 Å². The summed E-state index contributed by atoms with van der Waals surface area (Å²) < 4.78 is 38.9. The van der Waals surface area contributed by atoms with Gasteiger partial charge in [0.05, 0.1) is 16.6 Å². The van der Waals surface area contributed by atoms with E-state index in [4.69, 9.17) is 23.2 Å². The first-order chi connectivity index (χ1) is 15.0. The summed E-state index contributed by atoms with van der Waals surface area (Å²) in [5.41, 5.74) is -0.200. The SMILES string of the molecule is CN(C)CCC(NC(=O)CCC(=O)Nc1ccc(Cl)c(C(F)(F)F)c1)c1ccc(Cl)cc1. The van der Waals surface area contributed by atoms with Gasteiger partial charge in [0.15, 0.2) is 0 Å². The smallest absolute Gasteiger partial charge is 0.349 e. The molecule has 32 heavy (non-hydrogen) atoms. The molecular weight excluding hydrogens is 466 g/mol. The molecule has 0 fully saturated rings. The number of nitrogens with zero attached hydrogens (tertiary/aromatic N) is 1. The number of hydrogen-bond acceptors (Lipinski definition) is 3. The first kappa shape index (κ1) is 26.0. The molecule has 174 valence electrons. The van der Waals surface area contributed by atoms with Crippen LogP contribution in [0, 0.1) is 0 Å². The van der Waals surface area contributed by atoms with Gasteiger partial charge < -0.3 is 15.5 Å². The zero-order chi connectivity index (χ0) is 23.9. The van der Waals surface area contributed by atoms with Gasteiger partial charge in [-0.2, -0.15) is 13.2 Å². The average molecular weight is 490 g/mol. The molecule has 0 saturated carbocycles. The average Bonchev–Trinajstić information content (AvgIpc) is 2.70. The number of carbonyl (C=O) groups excluding carboxylic acids is 2. The van der Waals surface area contributed by atoms with Gasteiger partial charge in [-0.05, 0) is 63.0 Å². The molecule has 0 aromatic heterocycles. The van der Waals surface area contributed by atoms with Gasteiger partial charge in [-0.15, -0.1) is 0 Å². The predicted molar refractivity (Wildman–Crippen MR) is 120 cm³/mol. The zero-order valence-corrected chi connectivity index (χ0v) is 19.1. The van der Waals surface area contributed by atoms with Gasteiger partial charge >= 0.3 is 6.18 Å². The van der Waals surface area contributed by atoms with Gasteiger partial charge in [0.1, 0.15) is 0 Å². The fourth-order valence-electron chi connectivity index (χ4n) is 2.94. The normalized spacial score (nSPS) is 12.5. The van der Waals surface area contributed by atoms with Crippen LogP contribution in [0.2, 0.25) is 10.0 Å². The number of anilines is 1. The van der Waals surface area contributed by atoms with Crippen LogP contribution in [0.3, 0.4) is 0 Å². The Hall–Kier alpha value is -2.29. The lowest BCUT2D eigenvalue weighted by molar-refractivity contribution is -0.137. The van der Waals surface area contributed by atoms with Crippen LogP contribution in [-0.4, -0.2) is 37.4 Å². The van der Waals surface area contributed by atoms with Crippen LogP contribution < -0.4 is 10.6 Å². The largest absolute Gasteiger partial charge is 0.417 e. The Labute approximate surface area is 194 Å². The van der Waals surface area contributed by atoms with Gasteiger partial charge in [0, 0.05) is 23.6 Å². The molecule has 2 aromatic rings. The molecule has 0 radical (unpaired) electrons. The number of carbonyl (C=O) groups is 2. The molecule has 0 aliphatic carbocycles. The number of benzene rings is 2. The van der Waals surface area contributed by atoms with Crippen molar-refractivity contribution >= 4 is 40.7 Å². The summed E-state index contributed by atoms with van der Waals surface area (Å²) in [6.45, 7) is 0.728. The Morgan fingerprint density at radius 3 is 2.22 bits per heavy atom. The highest BCUT2D eigenvalue weighted by Crippen LogP contribution is 2.36. The van der Waals surface area contributed by atoms with E-state index >= 15 is 0 Å². The highest BCUT2D eigenvalue weighted by Gasteiger charge is 2.33. The Balaban J connectivity index is 1.95. The number of hydrogen-bond donors (Lipinski definition) is 2. The van der Waals surface area contributed by atoms with Crippen LogP contribution in [-0.2, 0) is 15.8 Å². The number of alkyl halides is 3. The molecule has 0 aliphatic rings. The fourth-order valence-corrected chi connectivity index (χ4v) is 3.29. The fraction of sp³-hybridized carbons (Fsp3) is 0.364. The summed E-state index contributed by atoms with van der Waals surface area (Å²) in [6.07, 6.45) is -4.28. The molecule has 0 spiro atoms. The summed E-state index contributed by atoms with van der Waals surface area (Å²) in [4.78, 5) is 26.6. The molecule has 1 atom stereocenters.